The van der Waals surface area contributed by atoms with Crippen molar-refractivity contribution >= 4 is 11.8 Å². The molecule has 3 heterocycles. The van der Waals surface area contributed by atoms with Crippen molar-refractivity contribution in [3.63, 3.8) is 0 Å². The van der Waals surface area contributed by atoms with Gasteiger partial charge in [0.05, 0.1) is 0 Å². The average Bonchev–Trinajstić information content (AvgIpc) is 2.86. The van der Waals surface area contributed by atoms with Crippen LogP contribution in [-0.2, 0) is 19.4 Å². The molecule has 3 rings (SSSR count). The van der Waals surface area contributed by atoms with Crippen LogP contribution < -0.4 is 0 Å². The van der Waals surface area contributed by atoms with E-state index < -0.39 is 0 Å². The Morgan fingerprint density at radius 2 is 2.33 bits per heavy atom. The van der Waals surface area contributed by atoms with Crippen LogP contribution in [0.4, 0.5) is 0 Å². The summed E-state index contributed by atoms with van der Waals surface area (Å²) in [5.74, 6) is 3.64. The van der Waals surface area contributed by atoms with E-state index in [2.05, 4.69) is 26.5 Å². The maximum atomic E-state index is 4.65. The lowest BCUT2D eigenvalue weighted by atomic mass is 10.2. The summed E-state index contributed by atoms with van der Waals surface area (Å²) in [6.07, 6.45) is 7.51. The molecular weight excluding hydrogens is 206 g/mol. The molecule has 1 atom stereocenters. The third-order valence-electron chi connectivity index (χ3n) is 3.25. The molecule has 0 amide bonds. The Labute approximate surface area is 94.7 Å². The summed E-state index contributed by atoms with van der Waals surface area (Å²) in [6.45, 7) is 1.08. The van der Waals surface area contributed by atoms with Gasteiger partial charge >= 0.3 is 0 Å². The zero-order valence-corrected chi connectivity index (χ0v) is 9.80. The highest BCUT2D eigenvalue weighted by Crippen LogP contribution is 2.28. The Morgan fingerprint density at radius 1 is 1.33 bits per heavy atom. The van der Waals surface area contributed by atoms with E-state index in [1.165, 1.54) is 37.3 Å². The highest BCUT2D eigenvalue weighted by atomic mass is 32.2. The molecule has 1 fully saturated rings. The third kappa shape index (κ3) is 2.05. The summed E-state index contributed by atoms with van der Waals surface area (Å²) in [5.41, 5.74) is 0. The monoisotopic (exact) mass is 223 g/mol. The second-order valence-corrected chi connectivity index (χ2v) is 5.87. The van der Waals surface area contributed by atoms with Crippen molar-refractivity contribution in [1.29, 1.82) is 0 Å². The fourth-order valence-corrected chi connectivity index (χ4v) is 3.70. The van der Waals surface area contributed by atoms with Gasteiger partial charge in [-0.3, -0.25) is 0 Å². The van der Waals surface area contributed by atoms with Crippen molar-refractivity contribution in [3.05, 3.63) is 11.6 Å². The molecule has 0 saturated carbocycles. The molecule has 4 heteroatoms. The Balaban J connectivity index is 1.72. The third-order valence-corrected chi connectivity index (χ3v) is 4.64. The first-order chi connectivity index (χ1) is 7.42. The molecule has 15 heavy (non-hydrogen) atoms. The smallest absolute Gasteiger partial charge is 0.152 e. The minimum absolute atomic E-state index is 0.787. The first-order valence-electron chi connectivity index (χ1n) is 5.96. The van der Waals surface area contributed by atoms with Gasteiger partial charge in [-0.2, -0.15) is 16.9 Å². The van der Waals surface area contributed by atoms with Crippen molar-refractivity contribution < 1.29 is 0 Å². The van der Waals surface area contributed by atoms with Crippen LogP contribution in [0.25, 0.3) is 0 Å². The Bertz CT molecular complexity index is 318. The summed E-state index contributed by atoms with van der Waals surface area (Å²) in [6, 6.07) is 0. The van der Waals surface area contributed by atoms with Gasteiger partial charge < -0.3 is 0 Å². The lowest BCUT2D eigenvalue weighted by Gasteiger charge is -2.10. The fourth-order valence-electron chi connectivity index (χ4n) is 2.43. The zero-order chi connectivity index (χ0) is 10.1. The quantitative estimate of drug-likeness (QED) is 0.769. The number of aromatic nitrogens is 3. The minimum Gasteiger partial charge on any atom is -0.250 e. The highest BCUT2D eigenvalue weighted by molar-refractivity contribution is 8.00. The minimum atomic E-state index is 0.787. The van der Waals surface area contributed by atoms with Crippen molar-refractivity contribution in [3.8, 4) is 0 Å². The molecule has 1 unspecified atom stereocenters. The lowest BCUT2D eigenvalue weighted by Crippen LogP contribution is -2.11. The molecule has 1 saturated heterocycles. The molecule has 1 aromatic rings. The van der Waals surface area contributed by atoms with Crippen LogP contribution in [0.3, 0.4) is 0 Å². The normalized spacial score (nSPS) is 25.5. The van der Waals surface area contributed by atoms with Crippen molar-refractivity contribution in [1.82, 2.24) is 14.8 Å². The largest absolute Gasteiger partial charge is 0.250 e. The van der Waals surface area contributed by atoms with Gasteiger partial charge in [-0.15, -0.1) is 0 Å². The summed E-state index contributed by atoms with van der Waals surface area (Å²) in [7, 11) is 0. The number of aryl methyl sites for hydroxylation is 2. The van der Waals surface area contributed by atoms with Gasteiger partial charge in [0.15, 0.2) is 5.82 Å². The molecule has 0 spiro atoms. The predicted octanol–water partition coefficient (Wildman–Crippen LogP) is 2.05. The molecule has 1 aromatic heterocycles. The Kier molecular flexibility index (Phi) is 2.69. The molecule has 0 aliphatic carbocycles. The molecule has 2 aliphatic rings. The van der Waals surface area contributed by atoms with E-state index in [4.69, 9.17) is 0 Å². The lowest BCUT2D eigenvalue weighted by molar-refractivity contribution is 0.478. The number of rotatable bonds is 2. The van der Waals surface area contributed by atoms with E-state index in [9.17, 15) is 0 Å². The van der Waals surface area contributed by atoms with Crippen LogP contribution in [0, 0.1) is 0 Å². The van der Waals surface area contributed by atoms with Crippen molar-refractivity contribution in [2.24, 2.45) is 0 Å². The van der Waals surface area contributed by atoms with Gasteiger partial charge in [-0.25, -0.2) is 9.67 Å². The summed E-state index contributed by atoms with van der Waals surface area (Å²) in [5, 5.41) is 5.39. The summed E-state index contributed by atoms with van der Waals surface area (Å²) in [4.78, 5) is 4.65. The van der Waals surface area contributed by atoms with Crippen LogP contribution >= 0.6 is 11.8 Å². The van der Waals surface area contributed by atoms with E-state index in [0.717, 1.165) is 30.5 Å². The predicted molar refractivity (Wildman–Crippen MR) is 62.1 cm³/mol. The van der Waals surface area contributed by atoms with Crippen molar-refractivity contribution in [2.75, 3.05) is 5.75 Å². The molecule has 0 N–H and O–H groups in total. The van der Waals surface area contributed by atoms with Gasteiger partial charge in [-0.1, -0.05) is 0 Å². The highest BCUT2D eigenvalue weighted by Gasteiger charge is 2.20. The fraction of sp³-hybridized carbons (Fsp3) is 0.818. The molecule has 0 radical (unpaired) electrons. The van der Waals surface area contributed by atoms with E-state index >= 15 is 0 Å². The van der Waals surface area contributed by atoms with Gasteiger partial charge in [0.1, 0.15) is 5.82 Å². The summed E-state index contributed by atoms with van der Waals surface area (Å²) >= 11 is 2.09. The number of fused-ring (bicyclic) bond motifs is 1. The topological polar surface area (TPSA) is 30.7 Å². The second-order valence-electron chi connectivity index (χ2n) is 4.46. The van der Waals surface area contributed by atoms with Gasteiger partial charge in [0.2, 0.25) is 0 Å². The van der Waals surface area contributed by atoms with Crippen LogP contribution in [-0.4, -0.2) is 25.8 Å². The maximum Gasteiger partial charge on any atom is 0.152 e. The SMILES string of the molecule is C1CCn2nc(CC3CCCS3)nc2C1. The van der Waals surface area contributed by atoms with Crippen LogP contribution in [0.2, 0.25) is 0 Å². The van der Waals surface area contributed by atoms with Gasteiger partial charge in [0.25, 0.3) is 0 Å². The first kappa shape index (κ1) is 9.70. The van der Waals surface area contributed by atoms with Gasteiger partial charge in [0, 0.05) is 24.6 Å². The first-order valence-corrected chi connectivity index (χ1v) is 7.01. The Morgan fingerprint density at radius 3 is 3.13 bits per heavy atom. The standard InChI is InChI=1S/C11H17N3S/c1-2-6-14-11(5-1)12-10(13-14)8-9-4-3-7-15-9/h9H,1-8H2. The molecule has 0 aromatic carbocycles. The zero-order valence-electron chi connectivity index (χ0n) is 8.98. The molecule has 0 bridgehead atoms. The number of nitrogens with zero attached hydrogens (tertiary/aromatic N) is 3. The summed E-state index contributed by atoms with van der Waals surface area (Å²) < 4.78 is 2.12. The van der Waals surface area contributed by atoms with Crippen LogP contribution in [0.15, 0.2) is 0 Å². The van der Waals surface area contributed by atoms with Crippen LogP contribution in [0.5, 0.6) is 0 Å². The Hall–Kier alpha value is -0.510. The van der Waals surface area contributed by atoms with E-state index in [0.29, 0.717) is 0 Å². The number of hydrogen-bond acceptors (Lipinski definition) is 3. The molecule has 82 valence electrons. The molecule has 2 aliphatic heterocycles. The van der Waals surface area contributed by atoms with E-state index in [1.54, 1.807) is 0 Å². The molecular formula is C11H17N3S. The van der Waals surface area contributed by atoms with Gasteiger partial charge in [-0.05, 0) is 31.4 Å². The maximum absolute atomic E-state index is 4.65. The van der Waals surface area contributed by atoms with Crippen LogP contribution in [0.1, 0.15) is 37.3 Å². The molecule has 3 nitrogen and oxygen atoms in total. The van der Waals surface area contributed by atoms with E-state index in [-0.39, 0.29) is 0 Å². The van der Waals surface area contributed by atoms with Crippen molar-refractivity contribution in [2.45, 2.75) is 50.3 Å². The number of hydrogen-bond donors (Lipinski definition) is 0. The average molecular weight is 223 g/mol. The second kappa shape index (κ2) is 4.16. The van der Waals surface area contributed by atoms with E-state index in [1.807, 2.05) is 0 Å². The number of thioether (sulfide) groups is 1.